The summed E-state index contributed by atoms with van der Waals surface area (Å²) in [6.07, 6.45) is 0. The van der Waals surface area contributed by atoms with Gasteiger partial charge in [-0.1, -0.05) is 0 Å². The Morgan fingerprint density at radius 2 is 1.15 bits per heavy atom. The van der Waals surface area contributed by atoms with Gasteiger partial charge >= 0.3 is 26.2 Å². The topological polar surface area (TPSA) is 138 Å². The van der Waals surface area contributed by atoms with Gasteiger partial charge in [0.25, 0.3) is 5.97 Å². The van der Waals surface area contributed by atoms with E-state index in [9.17, 15) is 0 Å². The summed E-state index contributed by atoms with van der Waals surface area (Å²) in [5, 5.41) is 37.8. The molecule has 0 bridgehead atoms. The molecule has 0 heterocycles. The first-order valence-corrected chi connectivity index (χ1v) is 2.61. The molecule has 0 aliphatic carbocycles. The Labute approximate surface area is 87.4 Å². The molecule has 0 amide bonds. The van der Waals surface area contributed by atoms with E-state index >= 15 is 0 Å². The van der Waals surface area contributed by atoms with E-state index in [0.717, 1.165) is 13.8 Å². The Balaban J connectivity index is -0.0000000450. The summed E-state index contributed by atoms with van der Waals surface area (Å²) in [6, 6.07) is 0. The van der Waals surface area contributed by atoms with E-state index in [1.807, 2.05) is 0 Å². The molecule has 13 heavy (non-hydrogen) atoms. The molecular weight excluding hydrogens is 178 g/mol. The smallest absolute Gasteiger partial charge is 0.550 e. The second-order valence-corrected chi connectivity index (χ2v) is 1.36. The maximum absolute atomic E-state index is 9.00. The number of carbonyl (C=O) groups excluding carboxylic acids is 1. The normalized spacial score (nSPS) is 5.92. The van der Waals surface area contributed by atoms with Crippen molar-refractivity contribution in [2.24, 2.45) is 0 Å². The van der Waals surface area contributed by atoms with Gasteiger partial charge in [0.15, 0.2) is 0 Å². The van der Waals surface area contributed by atoms with Crippen molar-refractivity contribution in [2.45, 2.75) is 13.8 Å². The molecule has 0 aliphatic heterocycles. The van der Waals surface area contributed by atoms with Gasteiger partial charge in [0, 0.05) is 12.9 Å². The van der Waals surface area contributed by atoms with Gasteiger partial charge in [0.05, 0.1) is 0 Å². The zero-order valence-electron chi connectivity index (χ0n) is 7.59. The summed E-state index contributed by atoms with van der Waals surface area (Å²) < 4.78 is 0. The third kappa shape index (κ3) is 3850. The van der Waals surface area contributed by atoms with E-state index in [4.69, 9.17) is 34.9 Å². The van der Waals surface area contributed by atoms with Gasteiger partial charge in [-0.25, -0.2) is 0 Å². The fraction of sp³-hybridized carbons (Fsp3) is 0.500. The molecule has 0 aromatic carbocycles. The molecule has 0 aromatic heterocycles. The Morgan fingerprint density at radius 3 is 1.15 bits per heavy atom. The van der Waals surface area contributed by atoms with Gasteiger partial charge in [0.1, 0.15) is 0 Å². The van der Waals surface area contributed by atoms with Gasteiger partial charge in [-0.15, -0.1) is 0 Å². The third-order valence-electron chi connectivity index (χ3n) is 0. The van der Waals surface area contributed by atoms with Crippen molar-refractivity contribution in [3.8, 4) is 0 Å². The van der Waals surface area contributed by atoms with E-state index in [-0.39, 0.29) is 18.9 Å². The second kappa shape index (κ2) is 17.5. The molecule has 4 N–H and O–H groups in total. The van der Waals surface area contributed by atoms with E-state index in [1.54, 1.807) is 0 Å². The van der Waals surface area contributed by atoms with Gasteiger partial charge in [-0.2, -0.15) is 0 Å². The molecule has 0 unspecified atom stereocenters. The summed E-state index contributed by atoms with van der Waals surface area (Å²) in [5.74, 6) is -1.92. The summed E-state index contributed by atoms with van der Waals surface area (Å²) in [7, 11) is -2.17. The van der Waals surface area contributed by atoms with Crippen LogP contribution in [0.2, 0.25) is 0 Å². The van der Waals surface area contributed by atoms with Crippen LogP contribution in [0.3, 0.4) is 0 Å². The van der Waals surface area contributed by atoms with Crippen molar-refractivity contribution < 1.29 is 53.7 Å². The van der Waals surface area contributed by atoms with Crippen LogP contribution in [0.4, 0.5) is 0 Å². The predicted molar refractivity (Wildman–Crippen MR) is 36.4 cm³/mol. The zero-order chi connectivity index (χ0) is 10.7. The molecule has 0 aliphatic rings. The molecule has 0 atom stereocenters. The van der Waals surface area contributed by atoms with Crippen LogP contribution in [-0.2, 0) is 9.59 Å². The number of hydrogen-bond donors (Lipinski definition) is 4. The van der Waals surface area contributed by atoms with Gasteiger partial charge < -0.3 is 30.1 Å². The third-order valence-corrected chi connectivity index (χ3v) is 0. The van der Waals surface area contributed by atoms with Crippen LogP contribution in [0.1, 0.15) is 13.8 Å². The first-order chi connectivity index (χ1) is 5.20. The van der Waals surface area contributed by atoms with E-state index in [0.29, 0.717) is 0 Å². The standard InChI is InChI=1S/2C2H4O2.BH3O3.Li/c2*1-2(3)4;2-1(3)4;/h2*1H3,(H,3,4);2-4H;/q;;;+1/p-1. The van der Waals surface area contributed by atoms with Crippen LogP contribution in [0, 0.1) is 0 Å². The number of carbonyl (C=O) groups is 2. The zero-order valence-corrected chi connectivity index (χ0v) is 7.59. The molecule has 0 fully saturated rings. The van der Waals surface area contributed by atoms with E-state index in [1.165, 1.54) is 0 Å². The summed E-state index contributed by atoms with van der Waals surface area (Å²) >= 11 is 0. The molecule has 0 radical (unpaired) electrons. The van der Waals surface area contributed by atoms with Gasteiger partial charge in [0.2, 0.25) is 0 Å². The molecule has 0 saturated carbocycles. The molecule has 0 saturated heterocycles. The minimum atomic E-state index is -2.17. The molecule has 0 spiro atoms. The average molecular weight is 188 g/mol. The fourth-order valence-corrected chi connectivity index (χ4v) is 0. The first-order valence-electron chi connectivity index (χ1n) is 2.61. The number of rotatable bonds is 0. The monoisotopic (exact) mass is 188 g/mol. The SMILES string of the molecule is CC(=O)O.CC(=O)[O-].OB(O)O.[Li+]. The number of carboxylic acids is 2. The molecule has 7 nitrogen and oxygen atoms in total. The van der Waals surface area contributed by atoms with Gasteiger partial charge in [-0.3, -0.25) is 4.79 Å². The van der Waals surface area contributed by atoms with E-state index in [2.05, 4.69) is 0 Å². The first kappa shape index (κ1) is 22.9. The fourth-order valence-electron chi connectivity index (χ4n) is 0. The Morgan fingerprint density at radius 1 is 1.15 bits per heavy atom. The number of hydrogen-bond acceptors (Lipinski definition) is 6. The van der Waals surface area contributed by atoms with Crippen molar-refractivity contribution in [1.82, 2.24) is 0 Å². The number of aliphatic carboxylic acids is 2. The molecule has 0 rings (SSSR count). The summed E-state index contributed by atoms with van der Waals surface area (Å²) in [4.78, 5) is 17.9. The Kier molecular flexibility index (Phi) is 30.9. The molecule has 9 heteroatoms. The maximum atomic E-state index is 9.00. The Hall–Kier alpha value is -0.518. The minimum Gasteiger partial charge on any atom is -0.550 e. The van der Waals surface area contributed by atoms with Crippen molar-refractivity contribution in [1.29, 1.82) is 0 Å². The van der Waals surface area contributed by atoms with Crippen LogP contribution >= 0.6 is 0 Å². The summed E-state index contributed by atoms with van der Waals surface area (Å²) in [5.41, 5.74) is 0. The average Bonchev–Trinajstić information content (AvgIpc) is 1.54. The van der Waals surface area contributed by atoms with Crippen LogP contribution in [0.25, 0.3) is 0 Å². The quantitative estimate of drug-likeness (QED) is 0.277. The van der Waals surface area contributed by atoms with Crippen molar-refractivity contribution >= 4 is 19.3 Å². The van der Waals surface area contributed by atoms with Crippen molar-refractivity contribution in [3.05, 3.63) is 0 Å². The maximum Gasteiger partial charge on any atom is 1.00 e. The van der Waals surface area contributed by atoms with Crippen LogP contribution < -0.4 is 24.0 Å². The second-order valence-electron chi connectivity index (χ2n) is 1.36. The summed E-state index contributed by atoms with van der Waals surface area (Å²) in [6.45, 7) is 2.06. The van der Waals surface area contributed by atoms with Gasteiger partial charge in [-0.05, 0) is 6.92 Å². The number of carboxylic acid groups (broad SMARTS) is 2. The van der Waals surface area contributed by atoms with Crippen LogP contribution in [0.5, 0.6) is 0 Å². The van der Waals surface area contributed by atoms with Crippen molar-refractivity contribution in [3.63, 3.8) is 0 Å². The Bertz CT molecular complexity index is 105. The van der Waals surface area contributed by atoms with Crippen LogP contribution in [0.15, 0.2) is 0 Å². The molecule has 72 valence electrons. The minimum absolute atomic E-state index is 0. The largest absolute Gasteiger partial charge is 1.00 e. The van der Waals surface area contributed by atoms with Crippen molar-refractivity contribution in [2.75, 3.05) is 0 Å². The van der Waals surface area contributed by atoms with Crippen LogP contribution in [-0.4, -0.2) is 39.4 Å². The molecular formula is C4H10BLiO7. The predicted octanol–water partition coefficient (Wildman–Crippen LogP) is -6.20. The molecule has 0 aromatic rings. The van der Waals surface area contributed by atoms with E-state index < -0.39 is 19.3 Å².